The Hall–Kier alpha value is -1.82. The van der Waals surface area contributed by atoms with E-state index in [0.717, 1.165) is 4.90 Å². The molecule has 0 aromatic heterocycles. The number of anilines is 1. The van der Waals surface area contributed by atoms with Gasteiger partial charge in [0.05, 0.1) is 0 Å². The summed E-state index contributed by atoms with van der Waals surface area (Å²) >= 11 is 1.39. The molecule has 2 aromatic rings. The van der Waals surface area contributed by atoms with Gasteiger partial charge in [-0.05, 0) is 55.3 Å². The van der Waals surface area contributed by atoms with Crippen molar-refractivity contribution >= 4 is 17.6 Å². The Bertz CT molecular complexity index is 552. The van der Waals surface area contributed by atoms with Gasteiger partial charge in [-0.3, -0.25) is 0 Å². The summed E-state index contributed by atoms with van der Waals surface area (Å²) in [5.41, 5.74) is 1.87. The number of hydrogen-bond acceptors (Lipinski definition) is 3. The number of nitrogens with one attached hydrogen (secondary N) is 1. The lowest BCUT2D eigenvalue weighted by Crippen LogP contribution is -2.16. The summed E-state index contributed by atoms with van der Waals surface area (Å²) in [6, 6.07) is 13.5. The Labute approximate surface area is 119 Å². The lowest BCUT2D eigenvalue weighted by atomic mass is 10.2. The monoisotopic (exact) mass is 299 g/mol. The van der Waals surface area contributed by atoms with Crippen molar-refractivity contribution in [3.63, 3.8) is 0 Å². The van der Waals surface area contributed by atoms with Crippen LogP contribution in [0.25, 0.3) is 0 Å². The first kappa shape index (κ1) is 14.6. The Balaban J connectivity index is 1.92. The molecule has 20 heavy (non-hydrogen) atoms. The number of alkyl halides is 3. The third-order valence-electron chi connectivity index (χ3n) is 2.40. The van der Waals surface area contributed by atoms with E-state index in [1.54, 1.807) is 0 Å². The molecule has 2 rings (SSSR count). The van der Waals surface area contributed by atoms with Crippen LogP contribution in [0.5, 0.6) is 5.75 Å². The molecule has 0 fully saturated rings. The van der Waals surface area contributed by atoms with Gasteiger partial charge in [-0.15, -0.1) is 13.2 Å². The summed E-state index contributed by atoms with van der Waals surface area (Å²) in [6.07, 6.45) is -4.66. The van der Waals surface area contributed by atoms with Crippen LogP contribution in [0.4, 0.5) is 18.9 Å². The van der Waals surface area contributed by atoms with E-state index >= 15 is 0 Å². The van der Waals surface area contributed by atoms with Gasteiger partial charge in [0.2, 0.25) is 0 Å². The molecule has 0 saturated heterocycles. The van der Waals surface area contributed by atoms with Crippen LogP contribution in [-0.4, -0.2) is 6.36 Å². The normalized spacial score (nSPS) is 11.2. The smallest absolute Gasteiger partial charge is 0.406 e. The number of hydrogen-bond donors (Lipinski definition) is 1. The molecule has 0 aliphatic rings. The topological polar surface area (TPSA) is 21.3 Å². The number of halogens is 3. The van der Waals surface area contributed by atoms with Crippen molar-refractivity contribution in [1.29, 1.82) is 0 Å². The summed E-state index contributed by atoms with van der Waals surface area (Å²) in [6.45, 7) is 2.00. The molecule has 0 amide bonds. The number of benzene rings is 2. The molecule has 2 aromatic carbocycles. The fourth-order valence-corrected chi connectivity index (χ4v) is 2.09. The lowest BCUT2D eigenvalue weighted by molar-refractivity contribution is -0.274. The van der Waals surface area contributed by atoms with Crippen LogP contribution >= 0.6 is 11.9 Å². The minimum absolute atomic E-state index is 0.233. The molecule has 0 radical (unpaired) electrons. The highest BCUT2D eigenvalue weighted by Gasteiger charge is 2.30. The zero-order valence-electron chi connectivity index (χ0n) is 10.6. The first-order valence-corrected chi connectivity index (χ1v) is 6.59. The van der Waals surface area contributed by atoms with Gasteiger partial charge >= 0.3 is 6.36 Å². The second-order valence-electron chi connectivity index (χ2n) is 4.09. The van der Waals surface area contributed by atoms with Gasteiger partial charge in [-0.2, -0.15) is 0 Å². The van der Waals surface area contributed by atoms with Gasteiger partial charge in [0, 0.05) is 10.6 Å². The summed E-state index contributed by atoms with van der Waals surface area (Å²) in [4.78, 5) is 1.02. The van der Waals surface area contributed by atoms with E-state index < -0.39 is 6.36 Å². The molecule has 0 unspecified atom stereocenters. The minimum atomic E-state index is -4.66. The molecule has 6 heteroatoms. The summed E-state index contributed by atoms with van der Waals surface area (Å²) in [5, 5.41) is 0. The third-order valence-corrected chi connectivity index (χ3v) is 3.24. The number of ether oxygens (including phenoxy) is 1. The molecule has 0 bridgehead atoms. The average Bonchev–Trinajstić information content (AvgIpc) is 2.38. The van der Waals surface area contributed by atoms with Crippen molar-refractivity contribution in [1.82, 2.24) is 0 Å². The largest absolute Gasteiger partial charge is 0.573 e. The Morgan fingerprint density at radius 2 is 1.55 bits per heavy atom. The van der Waals surface area contributed by atoms with Gasteiger partial charge < -0.3 is 9.46 Å². The first-order valence-electron chi connectivity index (χ1n) is 5.78. The third kappa shape index (κ3) is 4.70. The molecule has 0 spiro atoms. The molecule has 1 N–H and O–H groups in total. The fraction of sp³-hybridized carbons (Fsp3) is 0.143. The van der Waals surface area contributed by atoms with Gasteiger partial charge in [0.1, 0.15) is 5.75 Å². The maximum Gasteiger partial charge on any atom is 0.573 e. The van der Waals surface area contributed by atoms with Crippen molar-refractivity contribution in [2.24, 2.45) is 0 Å². The summed E-state index contributed by atoms with van der Waals surface area (Å²) in [7, 11) is 0. The minimum Gasteiger partial charge on any atom is -0.406 e. The Morgan fingerprint density at radius 1 is 0.950 bits per heavy atom. The first-order chi connectivity index (χ1) is 9.42. The van der Waals surface area contributed by atoms with Crippen LogP contribution in [0.1, 0.15) is 5.56 Å². The van der Waals surface area contributed by atoms with Crippen LogP contribution in [0, 0.1) is 6.92 Å². The highest BCUT2D eigenvalue weighted by atomic mass is 32.2. The van der Waals surface area contributed by atoms with Crippen molar-refractivity contribution in [3.8, 4) is 5.75 Å². The predicted octanol–water partition coefficient (Wildman–Crippen LogP) is 5.01. The molecule has 0 heterocycles. The van der Waals surface area contributed by atoms with E-state index in [1.165, 1.54) is 41.8 Å². The molecule has 0 aliphatic heterocycles. The zero-order valence-corrected chi connectivity index (χ0v) is 11.4. The van der Waals surface area contributed by atoms with Gasteiger partial charge in [-0.1, -0.05) is 17.7 Å². The van der Waals surface area contributed by atoms with Crippen LogP contribution in [-0.2, 0) is 0 Å². The van der Waals surface area contributed by atoms with E-state index in [2.05, 4.69) is 9.46 Å². The van der Waals surface area contributed by atoms with Crippen LogP contribution in [0.2, 0.25) is 0 Å². The fourth-order valence-electron chi connectivity index (χ4n) is 1.45. The molecular weight excluding hydrogens is 287 g/mol. The van der Waals surface area contributed by atoms with E-state index in [9.17, 15) is 13.2 Å². The second kappa shape index (κ2) is 6.09. The van der Waals surface area contributed by atoms with E-state index in [4.69, 9.17) is 0 Å². The number of aryl methyl sites for hydroxylation is 1. The van der Waals surface area contributed by atoms with Crippen LogP contribution in [0.15, 0.2) is 53.4 Å². The van der Waals surface area contributed by atoms with Crippen molar-refractivity contribution in [2.75, 3.05) is 4.72 Å². The maximum atomic E-state index is 12.0. The van der Waals surface area contributed by atoms with Crippen molar-refractivity contribution in [3.05, 3.63) is 54.1 Å². The van der Waals surface area contributed by atoms with Crippen LogP contribution in [0.3, 0.4) is 0 Å². The summed E-state index contributed by atoms with van der Waals surface area (Å²) in [5.74, 6) is -0.233. The SMILES string of the molecule is Cc1ccc(SNc2ccc(OC(F)(F)F)cc2)cc1. The molecule has 0 aliphatic carbocycles. The van der Waals surface area contributed by atoms with E-state index in [0.29, 0.717) is 5.69 Å². The van der Waals surface area contributed by atoms with Gasteiger partial charge in [-0.25, -0.2) is 0 Å². The van der Waals surface area contributed by atoms with Crippen molar-refractivity contribution in [2.45, 2.75) is 18.2 Å². The lowest BCUT2D eigenvalue weighted by Gasteiger charge is -2.10. The average molecular weight is 299 g/mol. The Kier molecular flexibility index (Phi) is 4.44. The number of rotatable bonds is 4. The predicted molar refractivity (Wildman–Crippen MR) is 73.8 cm³/mol. The van der Waals surface area contributed by atoms with Gasteiger partial charge in [0.25, 0.3) is 0 Å². The molecule has 0 atom stereocenters. The van der Waals surface area contributed by atoms with E-state index in [1.807, 2.05) is 31.2 Å². The molecular formula is C14H12F3NOS. The molecule has 106 valence electrons. The quantitative estimate of drug-likeness (QED) is 0.802. The molecule has 0 saturated carbocycles. The zero-order chi connectivity index (χ0) is 14.6. The van der Waals surface area contributed by atoms with E-state index in [-0.39, 0.29) is 5.75 Å². The molecule has 2 nitrogen and oxygen atoms in total. The standard InChI is InChI=1S/C14H12F3NOS/c1-10-2-8-13(9-3-10)20-18-11-4-6-12(7-5-11)19-14(15,16)17/h2-9,18H,1H3. The summed E-state index contributed by atoms with van der Waals surface area (Å²) < 4.78 is 42.9. The maximum absolute atomic E-state index is 12.0. The van der Waals surface area contributed by atoms with Crippen molar-refractivity contribution < 1.29 is 17.9 Å². The highest BCUT2D eigenvalue weighted by Crippen LogP contribution is 2.26. The Morgan fingerprint density at radius 3 is 2.10 bits per heavy atom. The highest BCUT2D eigenvalue weighted by molar-refractivity contribution is 8.00. The van der Waals surface area contributed by atoms with Crippen LogP contribution < -0.4 is 9.46 Å². The van der Waals surface area contributed by atoms with Gasteiger partial charge in [0.15, 0.2) is 0 Å². The second-order valence-corrected chi connectivity index (χ2v) is 4.97.